The Morgan fingerprint density at radius 1 is 0.480 bits per heavy atom. The Morgan fingerprint density at radius 3 is 1.36 bits per heavy atom. The Kier molecular flexibility index (Phi) is 22.4. The molecule has 0 unspecified atom stereocenters. The van der Waals surface area contributed by atoms with E-state index in [1.165, 1.54) is 77.0 Å². The van der Waals surface area contributed by atoms with E-state index in [0.29, 0.717) is 6.61 Å². The van der Waals surface area contributed by atoms with E-state index in [0.717, 1.165) is 25.7 Å². The maximum atomic E-state index is 8.72. The standard InChI is InChI=1S/C24H44O/c1-2-3-4-5-6-7-8-9-10-11-12-13-14-15-16-17-18-19-20-21-22-23-24-25/h3-4,6-7,9-10,25H,2,5,8,11-24H2,1H3. The lowest BCUT2D eigenvalue weighted by Crippen LogP contribution is -1.84. The normalized spacial score (nSPS) is 12.2. The molecule has 0 saturated heterocycles. The quantitative estimate of drug-likeness (QED) is 0.186. The van der Waals surface area contributed by atoms with Crippen molar-refractivity contribution >= 4 is 0 Å². The topological polar surface area (TPSA) is 20.2 Å². The highest BCUT2D eigenvalue weighted by Gasteiger charge is 1.93. The minimum absolute atomic E-state index is 0.365. The van der Waals surface area contributed by atoms with Gasteiger partial charge in [-0.25, -0.2) is 0 Å². The summed E-state index contributed by atoms with van der Waals surface area (Å²) in [6.45, 7) is 2.54. The van der Waals surface area contributed by atoms with Crippen LogP contribution in [0.2, 0.25) is 0 Å². The molecule has 0 aliphatic carbocycles. The highest BCUT2D eigenvalue weighted by Crippen LogP contribution is 2.12. The van der Waals surface area contributed by atoms with E-state index in [4.69, 9.17) is 5.11 Å². The van der Waals surface area contributed by atoms with Crippen molar-refractivity contribution in [3.05, 3.63) is 36.5 Å². The zero-order valence-corrected chi connectivity index (χ0v) is 16.9. The summed E-state index contributed by atoms with van der Waals surface area (Å²) < 4.78 is 0. The van der Waals surface area contributed by atoms with Crippen LogP contribution in [0.25, 0.3) is 0 Å². The molecule has 0 atom stereocenters. The first kappa shape index (κ1) is 24.2. The zero-order valence-electron chi connectivity index (χ0n) is 16.9. The molecule has 0 aromatic heterocycles. The van der Waals surface area contributed by atoms with Crippen molar-refractivity contribution in [1.82, 2.24) is 0 Å². The molecule has 0 amide bonds. The summed E-state index contributed by atoms with van der Waals surface area (Å²) in [5, 5.41) is 8.72. The van der Waals surface area contributed by atoms with Crippen LogP contribution in [0.15, 0.2) is 36.5 Å². The SMILES string of the molecule is CCC=CCC=CCC=CCCCCCCCCCCCCCCO. The van der Waals surface area contributed by atoms with Crippen molar-refractivity contribution in [2.75, 3.05) is 6.61 Å². The van der Waals surface area contributed by atoms with Gasteiger partial charge >= 0.3 is 0 Å². The average Bonchev–Trinajstić information content (AvgIpc) is 2.63. The molecular weight excluding hydrogens is 304 g/mol. The maximum Gasteiger partial charge on any atom is 0.0431 e. The van der Waals surface area contributed by atoms with Crippen LogP contribution < -0.4 is 0 Å². The Hall–Kier alpha value is -0.820. The second kappa shape index (κ2) is 23.2. The van der Waals surface area contributed by atoms with Gasteiger partial charge in [-0.1, -0.05) is 108 Å². The first-order valence-electron chi connectivity index (χ1n) is 11.0. The molecule has 146 valence electrons. The molecule has 0 rings (SSSR count). The number of allylic oxidation sites excluding steroid dienone is 6. The predicted octanol–water partition coefficient (Wildman–Crippen LogP) is 7.91. The van der Waals surface area contributed by atoms with E-state index in [-0.39, 0.29) is 0 Å². The lowest BCUT2D eigenvalue weighted by Gasteiger charge is -2.02. The minimum Gasteiger partial charge on any atom is -0.396 e. The van der Waals surface area contributed by atoms with E-state index in [1.807, 2.05) is 0 Å². The molecule has 1 nitrogen and oxygen atoms in total. The smallest absolute Gasteiger partial charge is 0.0431 e. The maximum absolute atomic E-state index is 8.72. The molecule has 25 heavy (non-hydrogen) atoms. The minimum atomic E-state index is 0.365. The molecule has 1 heteroatoms. The van der Waals surface area contributed by atoms with Crippen molar-refractivity contribution in [3.63, 3.8) is 0 Å². The van der Waals surface area contributed by atoms with Crippen LogP contribution in [0.5, 0.6) is 0 Å². The average molecular weight is 349 g/mol. The van der Waals surface area contributed by atoms with Crippen molar-refractivity contribution in [2.24, 2.45) is 0 Å². The molecule has 0 aliphatic rings. The summed E-state index contributed by atoms with van der Waals surface area (Å²) in [4.78, 5) is 0. The molecule has 0 bridgehead atoms. The summed E-state index contributed by atoms with van der Waals surface area (Å²) in [7, 11) is 0. The summed E-state index contributed by atoms with van der Waals surface area (Å²) in [5.41, 5.74) is 0. The van der Waals surface area contributed by atoms with Gasteiger partial charge in [0.15, 0.2) is 0 Å². The number of hydrogen-bond acceptors (Lipinski definition) is 1. The summed E-state index contributed by atoms with van der Waals surface area (Å²) >= 11 is 0. The van der Waals surface area contributed by atoms with Crippen LogP contribution in [0, 0.1) is 0 Å². The Bertz CT molecular complexity index is 314. The molecule has 0 aromatic carbocycles. The highest BCUT2D eigenvalue weighted by atomic mass is 16.2. The first-order chi connectivity index (χ1) is 12.4. The summed E-state index contributed by atoms with van der Waals surface area (Å²) in [6.07, 6.45) is 34.2. The van der Waals surface area contributed by atoms with Crippen LogP contribution in [-0.2, 0) is 0 Å². The number of aliphatic hydroxyl groups excluding tert-OH is 1. The van der Waals surface area contributed by atoms with Gasteiger partial charge in [-0.2, -0.15) is 0 Å². The third kappa shape index (κ3) is 23.2. The van der Waals surface area contributed by atoms with Crippen LogP contribution in [0.4, 0.5) is 0 Å². The summed E-state index contributed by atoms with van der Waals surface area (Å²) in [5.74, 6) is 0. The molecule has 0 aromatic rings. The Morgan fingerprint density at radius 2 is 0.880 bits per heavy atom. The van der Waals surface area contributed by atoms with Gasteiger partial charge < -0.3 is 5.11 Å². The number of unbranched alkanes of at least 4 members (excludes halogenated alkanes) is 12. The van der Waals surface area contributed by atoms with Gasteiger partial charge in [0, 0.05) is 6.61 Å². The monoisotopic (exact) mass is 348 g/mol. The number of rotatable bonds is 19. The second-order valence-corrected chi connectivity index (χ2v) is 7.05. The lowest BCUT2D eigenvalue weighted by molar-refractivity contribution is 0.282. The fourth-order valence-electron chi connectivity index (χ4n) is 2.97. The third-order valence-electron chi connectivity index (χ3n) is 4.56. The van der Waals surface area contributed by atoms with Crippen LogP contribution >= 0.6 is 0 Å². The fraction of sp³-hybridized carbons (Fsp3) is 0.750. The molecule has 0 aliphatic heterocycles. The molecular formula is C24H44O. The predicted molar refractivity (Wildman–Crippen MR) is 114 cm³/mol. The van der Waals surface area contributed by atoms with Gasteiger partial charge in [0.25, 0.3) is 0 Å². The second-order valence-electron chi connectivity index (χ2n) is 7.05. The fourth-order valence-corrected chi connectivity index (χ4v) is 2.97. The highest BCUT2D eigenvalue weighted by molar-refractivity contribution is 4.96. The van der Waals surface area contributed by atoms with E-state index < -0.39 is 0 Å². The molecule has 0 saturated carbocycles. The molecule has 0 radical (unpaired) electrons. The van der Waals surface area contributed by atoms with E-state index in [2.05, 4.69) is 43.4 Å². The zero-order chi connectivity index (χ0) is 18.3. The van der Waals surface area contributed by atoms with Crippen LogP contribution in [-0.4, -0.2) is 11.7 Å². The van der Waals surface area contributed by atoms with Gasteiger partial charge in [-0.3, -0.25) is 0 Å². The molecule has 0 spiro atoms. The van der Waals surface area contributed by atoms with Crippen LogP contribution in [0.1, 0.15) is 110 Å². The van der Waals surface area contributed by atoms with Gasteiger partial charge in [-0.15, -0.1) is 0 Å². The van der Waals surface area contributed by atoms with Gasteiger partial charge in [0.05, 0.1) is 0 Å². The number of hydrogen-bond donors (Lipinski definition) is 1. The largest absolute Gasteiger partial charge is 0.396 e. The molecule has 1 N–H and O–H groups in total. The lowest BCUT2D eigenvalue weighted by atomic mass is 10.0. The van der Waals surface area contributed by atoms with Crippen LogP contribution in [0.3, 0.4) is 0 Å². The summed E-state index contributed by atoms with van der Waals surface area (Å²) in [6, 6.07) is 0. The van der Waals surface area contributed by atoms with Crippen molar-refractivity contribution in [3.8, 4) is 0 Å². The van der Waals surface area contributed by atoms with E-state index >= 15 is 0 Å². The van der Waals surface area contributed by atoms with E-state index in [9.17, 15) is 0 Å². The number of aliphatic hydroxyl groups is 1. The van der Waals surface area contributed by atoms with Crippen molar-refractivity contribution in [1.29, 1.82) is 0 Å². The molecule has 0 fully saturated rings. The Balaban J connectivity index is 3.13. The van der Waals surface area contributed by atoms with Gasteiger partial charge in [0.1, 0.15) is 0 Å². The molecule has 0 heterocycles. The van der Waals surface area contributed by atoms with E-state index in [1.54, 1.807) is 0 Å². The van der Waals surface area contributed by atoms with Crippen molar-refractivity contribution in [2.45, 2.75) is 110 Å². The first-order valence-corrected chi connectivity index (χ1v) is 11.0. The Labute approximate surface area is 158 Å². The van der Waals surface area contributed by atoms with Gasteiger partial charge in [-0.05, 0) is 38.5 Å². The third-order valence-corrected chi connectivity index (χ3v) is 4.56. The van der Waals surface area contributed by atoms with Crippen molar-refractivity contribution < 1.29 is 5.11 Å². The van der Waals surface area contributed by atoms with Gasteiger partial charge in [0.2, 0.25) is 0 Å².